The van der Waals surface area contributed by atoms with E-state index in [4.69, 9.17) is 16.1 Å². The molecule has 0 aliphatic carbocycles. The van der Waals surface area contributed by atoms with Gasteiger partial charge in [0.15, 0.2) is 5.82 Å². The number of benzene rings is 1. The molecule has 2 aromatic heterocycles. The number of aryl methyl sites for hydroxylation is 1. The van der Waals surface area contributed by atoms with Crippen molar-refractivity contribution in [2.24, 2.45) is 0 Å². The molecule has 3 aromatic rings. The van der Waals surface area contributed by atoms with Crippen LogP contribution in [0.15, 0.2) is 27.5 Å². The topological polar surface area (TPSA) is 92.0 Å². The molecule has 0 unspecified atom stereocenters. The van der Waals surface area contributed by atoms with E-state index in [0.29, 0.717) is 21.7 Å². The summed E-state index contributed by atoms with van der Waals surface area (Å²) in [6.45, 7) is 1.62. The molecule has 0 amide bonds. The second-order valence-electron chi connectivity index (χ2n) is 4.01. The molecular weight excluding hydrogens is 270 g/mol. The molecule has 6 nitrogen and oxygen atoms in total. The van der Waals surface area contributed by atoms with E-state index in [1.807, 2.05) is 0 Å². The summed E-state index contributed by atoms with van der Waals surface area (Å²) in [4.78, 5) is 18.5. The van der Waals surface area contributed by atoms with Crippen LogP contribution in [0.5, 0.6) is 5.75 Å². The Kier molecular flexibility index (Phi) is 2.53. The average molecular weight is 278 g/mol. The summed E-state index contributed by atoms with van der Waals surface area (Å²) < 4.78 is 4.92. The van der Waals surface area contributed by atoms with Gasteiger partial charge in [-0.3, -0.25) is 4.79 Å². The van der Waals surface area contributed by atoms with E-state index in [2.05, 4.69) is 15.1 Å². The Balaban J connectivity index is 2.39. The lowest BCUT2D eigenvalue weighted by molar-refractivity contribution is 0.420. The van der Waals surface area contributed by atoms with Gasteiger partial charge in [-0.25, -0.2) is 0 Å². The van der Waals surface area contributed by atoms with Gasteiger partial charge >= 0.3 is 0 Å². The zero-order valence-corrected chi connectivity index (χ0v) is 10.5. The zero-order valence-electron chi connectivity index (χ0n) is 9.77. The first-order valence-corrected chi connectivity index (χ1v) is 5.79. The number of fused-ring (bicyclic) bond motifs is 1. The van der Waals surface area contributed by atoms with E-state index in [0.717, 1.165) is 0 Å². The number of pyridine rings is 1. The SMILES string of the molecule is Cc1noc(-c2c(O)c3cc(Cl)ccc3[nH]c2=O)n1. The minimum absolute atomic E-state index is 0.0295. The second kappa shape index (κ2) is 4.10. The summed E-state index contributed by atoms with van der Waals surface area (Å²) in [5.74, 6) is 0.114. The number of nitrogens with zero attached hydrogens (tertiary/aromatic N) is 2. The standard InChI is InChI=1S/C12H8ClN3O3/c1-5-14-12(19-16-5)9-10(17)7-4-6(13)2-3-8(7)15-11(9)18/h2-4H,1H3,(H2,15,17,18). The van der Waals surface area contributed by atoms with E-state index in [9.17, 15) is 9.90 Å². The fraction of sp³-hybridized carbons (Fsp3) is 0.0833. The number of halogens is 1. The normalized spacial score (nSPS) is 11.1. The molecule has 0 aliphatic rings. The maximum atomic E-state index is 12.0. The molecule has 0 saturated carbocycles. The lowest BCUT2D eigenvalue weighted by Gasteiger charge is -2.04. The number of hydrogen-bond acceptors (Lipinski definition) is 5. The first kappa shape index (κ1) is 11.7. The quantitative estimate of drug-likeness (QED) is 0.712. The van der Waals surface area contributed by atoms with Gasteiger partial charge in [0.05, 0.1) is 5.52 Å². The van der Waals surface area contributed by atoms with Crippen LogP contribution in [0.25, 0.3) is 22.4 Å². The second-order valence-corrected chi connectivity index (χ2v) is 4.45. The summed E-state index contributed by atoms with van der Waals surface area (Å²) in [6, 6.07) is 4.78. The van der Waals surface area contributed by atoms with Crippen LogP contribution in [0, 0.1) is 6.92 Å². The van der Waals surface area contributed by atoms with E-state index in [-0.39, 0.29) is 17.2 Å². The van der Waals surface area contributed by atoms with Gasteiger partial charge in [0.1, 0.15) is 11.3 Å². The van der Waals surface area contributed by atoms with Gasteiger partial charge in [-0.05, 0) is 25.1 Å². The first-order chi connectivity index (χ1) is 9.06. The molecule has 2 N–H and O–H groups in total. The third kappa shape index (κ3) is 1.86. The molecular formula is C12H8ClN3O3. The van der Waals surface area contributed by atoms with Gasteiger partial charge in [-0.2, -0.15) is 4.98 Å². The Hall–Kier alpha value is -2.34. The summed E-state index contributed by atoms with van der Waals surface area (Å²) >= 11 is 5.88. The van der Waals surface area contributed by atoms with Gasteiger partial charge in [0.2, 0.25) is 0 Å². The highest BCUT2D eigenvalue weighted by atomic mass is 35.5. The van der Waals surface area contributed by atoms with Gasteiger partial charge in [-0.1, -0.05) is 16.8 Å². The zero-order chi connectivity index (χ0) is 13.6. The Bertz CT molecular complexity index is 838. The summed E-state index contributed by atoms with van der Waals surface area (Å²) in [5, 5.41) is 14.7. The summed E-state index contributed by atoms with van der Waals surface area (Å²) in [6.07, 6.45) is 0. The van der Waals surface area contributed by atoms with E-state index in [1.54, 1.807) is 25.1 Å². The molecule has 0 atom stereocenters. The largest absolute Gasteiger partial charge is 0.506 e. The van der Waals surface area contributed by atoms with E-state index < -0.39 is 5.56 Å². The van der Waals surface area contributed by atoms with Crippen molar-refractivity contribution in [3.05, 3.63) is 39.4 Å². The fourth-order valence-corrected chi connectivity index (χ4v) is 2.02. The number of H-pyrrole nitrogens is 1. The van der Waals surface area contributed by atoms with E-state index >= 15 is 0 Å². The molecule has 1 aromatic carbocycles. The van der Waals surface area contributed by atoms with Crippen LogP contribution in [-0.2, 0) is 0 Å². The van der Waals surface area contributed by atoms with Crippen molar-refractivity contribution < 1.29 is 9.63 Å². The molecule has 0 saturated heterocycles. The van der Waals surface area contributed by atoms with Crippen molar-refractivity contribution >= 4 is 22.5 Å². The van der Waals surface area contributed by atoms with Crippen LogP contribution in [0.4, 0.5) is 0 Å². The van der Waals surface area contributed by atoms with Crippen LogP contribution in [0.2, 0.25) is 5.02 Å². The smallest absolute Gasteiger partial charge is 0.267 e. The molecule has 0 bridgehead atoms. The lowest BCUT2D eigenvalue weighted by atomic mass is 10.1. The van der Waals surface area contributed by atoms with Crippen LogP contribution < -0.4 is 5.56 Å². The molecule has 7 heteroatoms. The van der Waals surface area contributed by atoms with Gasteiger partial charge in [-0.15, -0.1) is 0 Å². The first-order valence-electron chi connectivity index (χ1n) is 5.41. The Morgan fingerprint density at radius 1 is 1.42 bits per heavy atom. The van der Waals surface area contributed by atoms with Crippen LogP contribution >= 0.6 is 11.6 Å². The number of aromatic nitrogens is 3. The van der Waals surface area contributed by atoms with Crippen molar-refractivity contribution in [1.82, 2.24) is 15.1 Å². The Labute approximate surface area is 111 Å². The lowest BCUT2D eigenvalue weighted by Crippen LogP contribution is -2.09. The van der Waals surface area contributed by atoms with Crippen molar-refractivity contribution in [3.8, 4) is 17.2 Å². The molecule has 3 rings (SSSR count). The van der Waals surface area contributed by atoms with E-state index in [1.165, 1.54) is 0 Å². The van der Waals surface area contributed by atoms with Gasteiger partial charge in [0, 0.05) is 10.4 Å². The van der Waals surface area contributed by atoms with Crippen LogP contribution in [0.3, 0.4) is 0 Å². The number of aromatic hydroxyl groups is 1. The third-order valence-corrected chi connectivity index (χ3v) is 2.93. The van der Waals surface area contributed by atoms with Crippen molar-refractivity contribution in [1.29, 1.82) is 0 Å². The minimum Gasteiger partial charge on any atom is -0.506 e. The monoisotopic (exact) mass is 277 g/mol. The highest BCUT2D eigenvalue weighted by Crippen LogP contribution is 2.32. The number of hydrogen-bond donors (Lipinski definition) is 2. The molecule has 96 valence electrons. The molecule has 0 radical (unpaired) electrons. The maximum absolute atomic E-state index is 12.0. The van der Waals surface area contributed by atoms with Crippen molar-refractivity contribution in [2.45, 2.75) is 6.92 Å². The van der Waals surface area contributed by atoms with Crippen molar-refractivity contribution in [3.63, 3.8) is 0 Å². The average Bonchev–Trinajstić information content (AvgIpc) is 2.77. The van der Waals surface area contributed by atoms with Crippen LogP contribution in [0.1, 0.15) is 5.82 Å². The maximum Gasteiger partial charge on any atom is 0.267 e. The third-order valence-electron chi connectivity index (χ3n) is 2.69. The summed E-state index contributed by atoms with van der Waals surface area (Å²) in [7, 11) is 0. The highest BCUT2D eigenvalue weighted by Gasteiger charge is 2.19. The number of nitrogens with one attached hydrogen (secondary N) is 1. The van der Waals surface area contributed by atoms with Crippen molar-refractivity contribution in [2.75, 3.05) is 0 Å². The van der Waals surface area contributed by atoms with Gasteiger partial charge < -0.3 is 14.6 Å². The molecule has 0 spiro atoms. The molecule has 0 fully saturated rings. The molecule has 2 heterocycles. The van der Waals surface area contributed by atoms with Gasteiger partial charge in [0.25, 0.3) is 11.4 Å². The number of rotatable bonds is 1. The Morgan fingerprint density at radius 2 is 2.21 bits per heavy atom. The highest BCUT2D eigenvalue weighted by molar-refractivity contribution is 6.31. The number of aromatic amines is 1. The predicted octanol–water partition coefficient (Wildman–Crippen LogP) is 2.25. The fourth-order valence-electron chi connectivity index (χ4n) is 1.85. The Morgan fingerprint density at radius 3 is 2.89 bits per heavy atom. The molecule has 0 aliphatic heterocycles. The predicted molar refractivity (Wildman–Crippen MR) is 69.3 cm³/mol. The molecule has 19 heavy (non-hydrogen) atoms. The van der Waals surface area contributed by atoms with Crippen LogP contribution in [-0.4, -0.2) is 20.2 Å². The minimum atomic E-state index is -0.504. The summed E-state index contributed by atoms with van der Waals surface area (Å²) in [5.41, 5.74) is -0.0850.